The molecule has 0 radical (unpaired) electrons. The number of amides is 1. The average molecular weight is 257 g/mol. The molecule has 0 unspecified atom stereocenters. The van der Waals surface area contributed by atoms with Crippen LogP contribution in [0.3, 0.4) is 0 Å². The lowest BCUT2D eigenvalue weighted by molar-refractivity contribution is -0.115. The van der Waals surface area contributed by atoms with Crippen LogP contribution in [0.2, 0.25) is 0 Å². The van der Waals surface area contributed by atoms with Crippen molar-refractivity contribution in [1.82, 2.24) is 10.2 Å². The number of aromatic amines is 1. The topological polar surface area (TPSA) is 78.0 Å². The summed E-state index contributed by atoms with van der Waals surface area (Å²) in [6.07, 6.45) is 2.51. The van der Waals surface area contributed by atoms with Crippen molar-refractivity contribution in [3.8, 4) is 5.75 Å². The van der Waals surface area contributed by atoms with Gasteiger partial charge in [0.25, 0.3) is 0 Å². The number of nitrogens with one attached hydrogen (secondary N) is 2. The highest BCUT2D eigenvalue weighted by Gasteiger charge is 2.25. The standard InChI is InChI=1S/C14H15N3O2/c18-12-4-2-1-3-10(12)7-14(19)15-13-8-11(16-17-13)9-5-6-9/h1-4,8-9,18H,5-7H2,(H2,15,16,17,19). The number of anilines is 1. The number of benzene rings is 1. The van der Waals surface area contributed by atoms with Gasteiger partial charge in [-0.3, -0.25) is 9.89 Å². The van der Waals surface area contributed by atoms with E-state index in [0.29, 0.717) is 17.3 Å². The molecule has 3 N–H and O–H groups in total. The van der Waals surface area contributed by atoms with Gasteiger partial charge >= 0.3 is 0 Å². The fraction of sp³-hybridized carbons (Fsp3) is 0.286. The van der Waals surface area contributed by atoms with Crippen LogP contribution in [0.1, 0.15) is 30.0 Å². The van der Waals surface area contributed by atoms with Crippen LogP contribution in [-0.2, 0) is 11.2 Å². The van der Waals surface area contributed by atoms with Crippen molar-refractivity contribution in [1.29, 1.82) is 0 Å². The summed E-state index contributed by atoms with van der Waals surface area (Å²) in [6.45, 7) is 0. The van der Waals surface area contributed by atoms with Crippen LogP contribution in [0.25, 0.3) is 0 Å². The zero-order chi connectivity index (χ0) is 13.2. The fourth-order valence-corrected chi connectivity index (χ4v) is 2.02. The third-order valence-corrected chi connectivity index (χ3v) is 3.22. The third-order valence-electron chi connectivity index (χ3n) is 3.22. The molecule has 1 amide bonds. The Morgan fingerprint density at radius 3 is 2.95 bits per heavy atom. The SMILES string of the molecule is O=C(Cc1ccccc1O)Nc1cc(C2CC2)[nH]n1. The second-order valence-corrected chi connectivity index (χ2v) is 4.84. The summed E-state index contributed by atoms with van der Waals surface area (Å²) in [4.78, 5) is 11.9. The molecule has 19 heavy (non-hydrogen) atoms. The van der Waals surface area contributed by atoms with Gasteiger partial charge < -0.3 is 10.4 Å². The summed E-state index contributed by atoms with van der Waals surface area (Å²) < 4.78 is 0. The molecule has 1 saturated carbocycles. The molecule has 1 fully saturated rings. The molecule has 5 nitrogen and oxygen atoms in total. The van der Waals surface area contributed by atoms with Crippen LogP contribution >= 0.6 is 0 Å². The van der Waals surface area contributed by atoms with Gasteiger partial charge in [0.05, 0.1) is 6.42 Å². The number of carbonyl (C=O) groups excluding carboxylic acids is 1. The van der Waals surface area contributed by atoms with E-state index in [0.717, 1.165) is 5.69 Å². The number of rotatable bonds is 4. The van der Waals surface area contributed by atoms with E-state index in [1.165, 1.54) is 12.8 Å². The van der Waals surface area contributed by atoms with Gasteiger partial charge in [-0.05, 0) is 18.9 Å². The quantitative estimate of drug-likeness (QED) is 0.785. The van der Waals surface area contributed by atoms with Crippen molar-refractivity contribution in [3.05, 3.63) is 41.6 Å². The highest BCUT2D eigenvalue weighted by Crippen LogP contribution is 2.39. The minimum Gasteiger partial charge on any atom is -0.508 e. The third kappa shape index (κ3) is 2.76. The Bertz CT molecular complexity index is 602. The van der Waals surface area contributed by atoms with Crippen molar-refractivity contribution in [2.75, 3.05) is 5.32 Å². The number of phenols is 1. The van der Waals surface area contributed by atoms with Gasteiger partial charge in [-0.1, -0.05) is 18.2 Å². The first-order valence-corrected chi connectivity index (χ1v) is 6.34. The molecular formula is C14H15N3O2. The highest BCUT2D eigenvalue weighted by atomic mass is 16.3. The molecule has 0 atom stereocenters. The second-order valence-electron chi connectivity index (χ2n) is 4.84. The van der Waals surface area contributed by atoms with E-state index in [1.807, 2.05) is 6.07 Å². The van der Waals surface area contributed by atoms with Crippen molar-refractivity contribution >= 4 is 11.7 Å². The van der Waals surface area contributed by atoms with E-state index in [9.17, 15) is 9.90 Å². The molecule has 0 bridgehead atoms. The number of nitrogens with zero attached hydrogens (tertiary/aromatic N) is 1. The lowest BCUT2D eigenvalue weighted by Gasteiger charge is -2.03. The van der Waals surface area contributed by atoms with Gasteiger partial charge in [-0.15, -0.1) is 0 Å². The number of H-pyrrole nitrogens is 1. The number of aromatic hydroxyl groups is 1. The monoisotopic (exact) mass is 257 g/mol. The predicted molar refractivity (Wildman–Crippen MR) is 71.0 cm³/mol. The molecule has 5 heteroatoms. The van der Waals surface area contributed by atoms with Crippen LogP contribution in [-0.4, -0.2) is 21.2 Å². The van der Waals surface area contributed by atoms with E-state index < -0.39 is 0 Å². The first kappa shape index (κ1) is 11.8. The number of phenolic OH excluding ortho intramolecular Hbond substituents is 1. The number of aromatic nitrogens is 2. The number of hydrogen-bond acceptors (Lipinski definition) is 3. The van der Waals surface area contributed by atoms with Gasteiger partial charge in [0, 0.05) is 23.2 Å². The normalized spacial score (nSPS) is 14.3. The number of para-hydroxylation sites is 1. The van der Waals surface area contributed by atoms with Gasteiger partial charge in [0.2, 0.25) is 5.91 Å². The molecule has 0 saturated heterocycles. The summed E-state index contributed by atoms with van der Waals surface area (Å²) in [6, 6.07) is 8.70. The van der Waals surface area contributed by atoms with Gasteiger partial charge in [-0.2, -0.15) is 5.10 Å². The molecule has 1 aromatic carbocycles. The lowest BCUT2D eigenvalue weighted by Crippen LogP contribution is -2.14. The largest absolute Gasteiger partial charge is 0.508 e. The van der Waals surface area contributed by atoms with Crippen LogP contribution in [0.4, 0.5) is 5.82 Å². The summed E-state index contributed by atoms with van der Waals surface area (Å²) in [5.74, 6) is 1.08. The van der Waals surface area contributed by atoms with E-state index in [2.05, 4.69) is 15.5 Å². The van der Waals surface area contributed by atoms with Gasteiger partial charge in [0.1, 0.15) is 5.75 Å². The van der Waals surface area contributed by atoms with Gasteiger partial charge in [-0.25, -0.2) is 0 Å². The zero-order valence-electron chi connectivity index (χ0n) is 10.4. The molecule has 0 aliphatic heterocycles. The molecule has 2 aromatic rings. The zero-order valence-corrected chi connectivity index (χ0v) is 10.4. The predicted octanol–water partition coefficient (Wildman–Crippen LogP) is 2.17. The molecule has 1 aromatic heterocycles. The van der Waals surface area contributed by atoms with E-state index in [1.54, 1.807) is 24.3 Å². The number of hydrogen-bond donors (Lipinski definition) is 3. The van der Waals surface area contributed by atoms with Crippen molar-refractivity contribution in [2.45, 2.75) is 25.2 Å². The Morgan fingerprint density at radius 1 is 1.42 bits per heavy atom. The summed E-state index contributed by atoms with van der Waals surface area (Å²) in [7, 11) is 0. The summed E-state index contributed by atoms with van der Waals surface area (Å²) in [5.41, 5.74) is 1.69. The Balaban J connectivity index is 1.62. The average Bonchev–Trinajstić information content (AvgIpc) is 3.14. The van der Waals surface area contributed by atoms with Gasteiger partial charge in [0.15, 0.2) is 5.82 Å². The van der Waals surface area contributed by atoms with E-state index in [-0.39, 0.29) is 18.1 Å². The maximum atomic E-state index is 11.9. The summed E-state index contributed by atoms with van der Waals surface area (Å²) in [5, 5.41) is 19.3. The minimum absolute atomic E-state index is 0.137. The Hall–Kier alpha value is -2.30. The molecular weight excluding hydrogens is 242 g/mol. The smallest absolute Gasteiger partial charge is 0.230 e. The van der Waals surface area contributed by atoms with Crippen molar-refractivity contribution in [2.24, 2.45) is 0 Å². The lowest BCUT2D eigenvalue weighted by atomic mass is 10.1. The first-order valence-electron chi connectivity index (χ1n) is 6.34. The van der Waals surface area contributed by atoms with Crippen LogP contribution in [0.15, 0.2) is 30.3 Å². The molecule has 1 aliphatic rings. The van der Waals surface area contributed by atoms with E-state index >= 15 is 0 Å². The van der Waals surface area contributed by atoms with Crippen LogP contribution < -0.4 is 5.32 Å². The highest BCUT2D eigenvalue weighted by molar-refractivity contribution is 5.91. The molecule has 1 aliphatic carbocycles. The van der Waals surface area contributed by atoms with Crippen molar-refractivity contribution in [3.63, 3.8) is 0 Å². The van der Waals surface area contributed by atoms with Crippen LogP contribution in [0, 0.1) is 0 Å². The maximum Gasteiger partial charge on any atom is 0.230 e. The molecule has 0 spiro atoms. The maximum absolute atomic E-state index is 11.9. The van der Waals surface area contributed by atoms with Crippen molar-refractivity contribution < 1.29 is 9.90 Å². The van der Waals surface area contributed by atoms with E-state index in [4.69, 9.17) is 0 Å². The van der Waals surface area contributed by atoms with Crippen LogP contribution in [0.5, 0.6) is 5.75 Å². The first-order chi connectivity index (χ1) is 9.22. The molecule has 98 valence electrons. The Kier molecular flexibility index (Phi) is 2.95. The summed E-state index contributed by atoms with van der Waals surface area (Å²) >= 11 is 0. The molecule has 3 rings (SSSR count). The minimum atomic E-state index is -0.185. The Labute approximate surface area is 110 Å². The molecule has 1 heterocycles. The Morgan fingerprint density at radius 2 is 2.21 bits per heavy atom. The fourth-order valence-electron chi connectivity index (χ4n) is 2.02. The number of carbonyl (C=O) groups is 1. The second kappa shape index (κ2) is 4.76.